The van der Waals surface area contributed by atoms with E-state index >= 15 is 0 Å². The molecular weight excluding hydrogens is 217 g/mol. The smallest absolute Gasteiger partial charge is 0.203 e. The highest BCUT2D eigenvalue weighted by atomic mass is 19.2. The lowest BCUT2D eigenvalue weighted by molar-refractivity contribution is 0.293. The van der Waals surface area contributed by atoms with E-state index in [2.05, 4.69) is 0 Å². The van der Waals surface area contributed by atoms with Gasteiger partial charge >= 0.3 is 0 Å². The van der Waals surface area contributed by atoms with Crippen LogP contribution in [0.2, 0.25) is 0 Å². The standard InChI is InChI=1S/C10H11F3O.C2H6/c1-4-14-10-8(12)6(3)5(2)7(11)9(10)13;1-2/h4H2,1-3H3;1-2H3. The Morgan fingerprint density at radius 1 is 0.875 bits per heavy atom. The topological polar surface area (TPSA) is 9.23 Å². The van der Waals surface area contributed by atoms with Crippen LogP contribution in [0.3, 0.4) is 0 Å². The average Bonchev–Trinajstić information content (AvgIpc) is 2.32. The molecule has 0 bridgehead atoms. The van der Waals surface area contributed by atoms with Gasteiger partial charge in [0.2, 0.25) is 5.82 Å². The Kier molecular flexibility index (Phi) is 5.93. The maximum atomic E-state index is 13.4. The molecule has 0 saturated carbocycles. The number of benzene rings is 1. The Morgan fingerprint density at radius 2 is 1.31 bits per heavy atom. The van der Waals surface area contributed by atoms with E-state index in [4.69, 9.17) is 4.74 Å². The van der Waals surface area contributed by atoms with E-state index in [-0.39, 0.29) is 17.7 Å². The highest BCUT2D eigenvalue weighted by Crippen LogP contribution is 2.29. The summed E-state index contributed by atoms with van der Waals surface area (Å²) in [5.74, 6) is -3.77. The molecule has 0 unspecified atom stereocenters. The van der Waals surface area contributed by atoms with Crippen LogP contribution >= 0.6 is 0 Å². The molecule has 1 aromatic carbocycles. The summed E-state index contributed by atoms with van der Waals surface area (Å²) in [5, 5.41) is 0. The summed E-state index contributed by atoms with van der Waals surface area (Å²) in [6.45, 7) is 8.38. The molecule has 0 aromatic heterocycles. The first-order chi connectivity index (χ1) is 7.50. The van der Waals surface area contributed by atoms with Crippen molar-refractivity contribution in [3.8, 4) is 5.75 Å². The lowest BCUT2D eigenvalue weighted by Crippen LogP contribution is -2.04. The zero-order valence-corrected chi connectivity index (χ0v) is 10.2. The van der Waals surface area contributed by atoms with Gasteiger partial charge in [0.1, 0.15) is 0 Å². The SMILES string of the molecule is CC.CCOc1c(F)c(C)c(C)c(F)c1F. The minimum atomic E-state index is -1.26. The molecule has 0 N–H and O–H groups in total. The Bertz CT molecular complexity index is 333. The highest BCUT2D eigenvalue weighted by Gasteiger charge is 2.21. The Labute approximate surface area is 94.2 Å². The van der Waals surface area contributed by atoms with Crippen LogP contribution < -0.4 is 4.74 Å². The molecule has 0 aliphatic rings. The molecule has 0 saturated heterocycles. The van der Waals surface area contributed by atoms with Crippen molar-refractivity contribution in [1.29, 1.82) is 0 Å². The monoisotopic (exact) mass is 234 g/mol. The molecule has 1 nitrogen and oxygen atoms in total. The first kappa shape index (κ1) is 14.8. The van der Waals surface area contributed by atoms with Crippen LogP contribution in [0.15, 0.2) is 0 Å². The Morgan fingerprint density at radius 3 is 1.75 bits per heavy atom. The lowest BCUT2D eigenvalue weighted by Gasteiger charge is -2.11. The van der Waals surface area contributed by atoms with Gasteiger partial charge in [-0.25, -0.2) is 8.78 Å². The van der Waals surface area contributed by atoms with Gasteiger partial charge in [-0.15, -0.1) is 0 Å². The molecule has 16 heavy (non-hydrogen) atoms. The van der Waals surface area contributed by atoms with Gasteiger partial charge in [-0.1, -0.05) is 13.8 Å². The van der Waals surface area contributed by atoms with Crippen LogP contribution in [0, 0.1) is 31.3 Å². The lowest BCUT2D eigenvalue weighted by atomic mass is 10.1. The van der Waals surface area contributed by atoms with Crippen molar-refractivity contribution in [1.82, 2.24) is 0 Å². The van der Waals surface area contributed by atoms with Crippen molar-refractivity contribution < 1.29 is 17.9 Å². The molecule has 0 amide bonds. The predicted octanol–water partition coefficient (Wildman–Crippen LogP) is 4.15. The van der Waals surface area contributed by atoms with Crippen molar-refractivity contribution in [3.05, 3.63) is 28.6 Å². The molecule has 0 radical (unpaired) electrons. The summed E-state index contributed by atoms with van der Waals surface area (Å²) >= 11 is 0. The summed E-state index contributed by atoms with van der Waals surface area (Å²) < 4.78 is 44.3. The quantitative estimate of drug-likeness (QED) is 0.698. The Hall–Kier alpha value is -1.19. The highest BCUT2D eigenvalue weighted by molar-refractivity contribution is 5.38. The number of rotatable bonds is 2. The molecule has 0 atom stereocenters. The maximum absolute atomic E-state index is 13.4. The van der Waals surface area contributed by atoms with Crippen LogP contribution in [0.4, 0.5) is 13.2 Å². The third-order valence-corrected chi connectivity index (χ3v) is 2.10. The Balaban J connectivity index is 0.00000106. The van der Waals surface area contributed by atoms with E-state index in [1.54, 1.807) is 6.92 Å². The second-order valence-corrected chi connectivity index (χ2v) is 2.95. The third kappa shape index (κ3) is 2.68. The van der Waals surface area contributed by atoms with Gasteiger partial charge in [0.05, 0.1) is 6.61 Å². The molecular formula is C12H17F3O. The summed E-state index contributed by atoms with van der Waals surface area (Å²) in [6, 6.07) is 0. The normalized spacial score (nSPS) is 9.50. The largest absolute Gasteiger partial charge is 0.488 e. The second kappa shape index (κ2) is 6.40. The van der Waals surface area contributed by atoms with Crippen molar-refractivity contribution in [2.45, 2.75) is 34.6 Å². The van der Waals surface area contributed by atoms with Gasteiger partial charge in [0, 0.05) is 0 Å². The minimum absolute atomic E-state index is 0.0246. The van der Waals surface area contributed by atoms with Crippen molar-refractivity contribution in [2.75, 3.05) is 6.61 Å². The van der Waals surface area contributed by atoms with E-state index in [9.17, 15) is 13.2 Å². The van der Waals surface area contributed by atoms with Gasteiger partial charge in [0.15, 0.2) is 17.4 Å². The fourth-order valence-corrected chi connectivity index (χ4v) is 1.13. The molecule has 4 heteroatoms. The molecule has 0 aliphatic heterocycles. The first-order valence-electron chi connectivity index (χ1n) is 5.27. The van der Waals surface area contributed by atoms with Gasteiger partial charge < -0.3 is 4.74 Å². The van der Waals surface area contributed by atoms with Crippen molar-refractivity contribution >= 4 is 0 Å². The van der Waals surface area contributed by atoms with Crippen LogP contribution in [0.25, 0.3) is 0 Å². The predicted molar refractivity (Wildman–Crippen MR) is 58.3 cm³/mol. The second-order valence-electron chi connectivity index (χ2n) is 2.95. The van der Waals surface area contributed by atoms with E-state index in [0.29, 0.717) is 0 Å². The molecule has 1 aromatic rings. The van der Waals surface area contributed by atoms with Crippen molar-refractivity contribution in [2.24, 2.45) is 0 Å². The molecule has 0 heterocycles. The summed E-state index contributed by atoms with van der Waals surface area (Å²) in [6.07, 6.45) is 0. The van der Waals surface area contributed by atoms with Gasteiger partial charge in [-0.05, 0) is 31.9 Å². The van der Waals surface area contributed by atoms with Crippen LogP contribution in [0.1, 0.15) is 31.9 Å². The number of halogens is 3. The fraction of sp³-hybridized carbons (Fsp3) is 0.500. The van der Waals surface area contributed by atoms with Crippen LogP contribution in [-0.4, -0.2) is 6.61 Å². The van der Waals surface area contributed by atoms with E-state index < -0.39 is 23.2 Å². The fourth-order valence-electron chi connectivity index (χ4n) is 1.13. The molecule has 0 spiro atoms. The van der Waals surface area contributed by atoms with E-state index in [1.165, 1.54) is 13.8 Å². The summed E-state index contributed by atoms with van der Waals surface area (Å²) in [5.41, 5.74) is 0.0517. The number of hydrogen-bond donors (Lipinski definition) is 0. The van der Waals surface area contributed by atoms with Gasteiger partial charge in [-0.2, -0.15) is 4.39 Å². The van der Waals surface area contributed by atoms with E-state index in [0.717, 1.165) is 0 Å². The third-order valence-electron chi connectivity index (χ3n) is 2.10. The molecule has 92 valence electrons. The zero-order valence-electron chi connectivity index (χ0n) is 10.2. The summed E-state index contributed by atoms with van der Waals surface area (Å²) in [4.78, 5) is 0. The first-order valence-corrected chi connectivity index (χ1v) is 5.27. The zero-order chi connectivity index (χ0) is 12.9. The van der Waals surface area contributed by atoms with Gasteiger partial charge in [0.25, 0.3) is 0 Å². The van der Waals surface area contributed by atoms with E-state index in [1.807, 2.05) is 13.8 Å². The summed E-state index contributed by atoms with van der Waals surface area (Å²) in [7, 11) is 0. The molecule has 0 aliphatic carbocycles. The number of hydrogen-bond acceptors (Lipinski definition) is 1. The maximum Gasteiger partial charge on any atom is 0.203 e. The molecule has 1 rings (SSSR count). The number of ether oxygens (including phenoxy) is 1. The van der Waals surface area contributed by atoms with Crippen LogP contribution in [-0.2, 0) is 0 Å². The van der Waals surface area contributed by atoms with Crippen LogP contribution in [0.5, 0.6) is 5.75 Å². The van der Waals surface area contributed by atoms with Crippen molar-refractivity contribution in [3.63, 3.8) is 0 Å². The molecule has 0 fully saturated rings. The minimum Gasteiger partial charge on any atom is -0.488 e. The average molecular weight is 234 g/mol. The van der Waals surface area contributed by atoms with Gasteiger partial charge in [-0.3, -0.25) is 0 Å².